The van der Waals surface area contributed by atoms with Crippen molar-refractivity contribution in [2.45, 2.75) is 19.9 Å². The summed E-state index contributed by atoms with van der Waals surface area (Å²) in [6.45, 7) is 3.03. The van der Waals surface area contributed by atoms with E-state index in [1.165, 1.54) is 0 Å². The number of aromatic nitrogens is 4. The van der Waals surface area contributed by atoms with Gasteiger partial charge in [-0.2, -0.15) is 0 Å². The molecule has 0 amide bonds. The zero-order valence-electron chi connectivity index (χ0n) is 9.51. The van der Waals surface area contributed by atoms with E-state index in [4.69, 9.17) is 0 Å². The largest absolute Gasteiger partial charge is 0.373 e. The minimum atomic E-state index is 0.734. The number of nitrogens with one attached hydrogen (secondary N) is 1. The Morgan fingerprint density at radius 2 is 2.19 bits per heavy atom. The van der Waals surface area contributed by atoms with E-state index in [1.807, 2.05) is 25.5 Å². The average molecular weight is 217 g/mol. The highest BCUT2D eigenvalue weighted by molar-refractivity contribution is 5.34. The molecule has 0 fully saturated rings. The van der Waals surface area contributed by atoms with Crippen molar-refractivity contribution in [3.05, 3.63) is 36.3 Å². The van der Waals surface area contributed by atoms with Gasteiger partial charge < -0.3 is 9.88 Å². The zero-order chi connectivity index (χ0) is 11.4. The molecule has 0 radical (unpaired) electrons. The Morgan fingerprint density at radius 3 is 2.94 bits per heavy atom. The highest BCUT2D eigenvalue weighted by Crippen LogP contribution is 2.08. The predicted molar refractivity (Wildman–Crippen MR) is 62.3 cm³/mol. The Balaban J connectivity index is 2.20. The van der Waals surface area contributed by atoms with Gasteiger partial charge >= 0.3 is 0 Å². The standard InChI is InChI=1S/C11H15N5/c1-3-16-5-4-13-11(16)7-9-6-10(12-2)15-8-14-9/h4-6,8H,3,7H2,1-2H3,(H,12,14,15). The molecule has 2 aromatic heterocycles. The van der Waals surface area contributed by atoms with E-state index >= 15 is 0 Å². The summed E-state index contributed by atoms with van der Waals surface area (Å²) < 4.78 is 2.11. The van der Waals surface area contributed by atoms with Crippen LogP contribution in [-0.4, -0.2) is 26.6 Å². The Morgan fingerprint density at radius 1 is 1.31 bits per heavy atom. The molecule has 5 heteroatoms. The minimum Gasteiger partial charge on any atom is -0.373 e. The molecule has 0 atom stereocenters. The van der Waals surface area contributed by atoms with Crippen molar-refractivity contribution in [1.29, 1.82) is 0 Å². The quantitative estimate of drug-likeness (QED) is 0.839. The molecule has 2 heterocycles. The third-order valence-corrected chi connectivity index (χ3v) is 2.46. The van der Waals surface area contributed by atoms with Gasteiger partial charge in [0, 0.05) is 38.5 Å². The second kappa shape index (κ2) is 4.74. The molecule has 0 saturated heterocycles. The molecule has 0 aliphatic heterocycles. The molecule has 5 nitrogen and oxygen atoms in total. The SMILES string of the molecule is CCn1ccnc1Cc1cc(NC)ncn1. The summed E-state index contributed by atoms with van der Waals surface area (Å²) >= 11 is 0. The van der Waals surface area contributed by atoms with E-state index in [1.54, 1.807) is 6.33 Å². The Hall–Kier alpha value is -1.91. The molecule has 84 valence electrons. The van der Waals surface area contributed by atoms with Gasteiger partial charge in [0.15, 0.2) is 0 Å². The lowest BCUT2D eigenvalue weighted by Gasteiger charge is -2.05. The third-order valence-electron chi connectivity index (χ3n) is 2.46. The minimum absolute atomic E-state index is 0.734. The lowest BCUT2D eigenvalue weighted by atomic mass is 10.3. The summed E-state index contributed by atoms with van der Waals surface area (Å²) in [5.41, 5.74) is 0.972. The van der Waals surface area contributed by atoms with Gasteiger partial charge in [-0.25, -0.2) is 15.0 Å². The molecule has 0 aromatic carbocycles. The number of imidazole rings is 1. The summed E-state index contributed by atoms with van der Waals surface area (Å²) in [4.78, 5) is 12.6. The van der Waals surface area contributed by atoms with Gasteiger partial charge in [-0.05, 0) is 6.92 Å². The molecule has 0 saturated carbocycles. The van der Waals surface area contributed by atoms with Crippen LogP contribution in [0.25, 0.3) is 0 Å². The topological polar surface area (TPSA) is 55.6 Å². The summed E-state index contributed by atoms with van der Waals surface area (Å²) in [6.07, 6.45) is 6.10. The molecule has 0 unspecified atom stereocenters. The van der Waals surface area contributed by atoms with Gasteiger partial charge in [-0.15, -0.1) is 0 Å². The van der Waals surface area contributed by atoms with E-state index < -0.39 is 0 Å². The first-order valence-electron chi connectivity index (χ1n) is 5.32. The lowest BCUT2D eigenvalue weighted by molar-refractivity contribution is 0.708. The molecular weight excluding hydrogens is 202 g/mol. The highest BCUT2D eigenvalue weighted by atomic mass is 15.1. The summed E-state index contributed by atoms with van der Waals surface area (Å²) in [6, 6.07) is 1.94. The van der Waals surface area contributed by atoms with Gasteiger partial charge in [0.1, 0.15) is 18.0 Å². The van der Waals surface area contributed by atoms with Crippen molar-refractivity contribution in [1.82, 2.24) is 19.5 Å². The molecule has 1 N–H and O–H groups in total. The fourth-order valence-electron chi connectivity index (χ4n) is 1.59. The molecule has 2 rings (SSSR count). The number of aryl methyl sites for hydroxylation is 1. The van der Waals surface area contributed by atoms with Crippen molar-refractivity contribution in [2.24, 2.45) is 0 Å². The van der Waals surface area contributed by atoms with Gasteiger partial charge in [0.05, 0.1) is 5.69 Å². The monoisotopic (exact) mass is 217 g/mol. The van der Waals surface area contributed by atoms with Crippen molar-refractivity contribution < 1.29 is 0 Å². The van der Waals surface area contributed by atoms with Crippen LogP contribution in [0.4, 0.5) is 5.82 Å². The van der Waals surface area contributed by atoms with Crippen molar-refractivity contribution in [3.8, 4) is 0 Å². The molecule has 0 aliphatic carbocycles. The van der Waals surface area contributed by atoms with E-state index in [2.05, 4.69) is 31.8 Å². The maximum Gasteiger partial charge on any atom is 0.129 e. The fourth-order valence-corrected chi connectivity index (χ4v) is 1.59. The summed E-state index contributed by atoms with van der Waals surface area (Å²) in [5.74, 6) is 1.86. The van der Waals surface area contributed by atoms with Crippen LogP contribution in [-0.2, 0) is 13.0 Å². The summed E-state index contributed by atoms with van der Waals surface area (Å²) in [7, 11) is 1.85. The van der Waals surface area contributed by atoms with E-state index in [-0.39, 0.29) is 0 Å². The predicted octanol–water partition coefficient (Wildman–Crippen LogP) is 1.33. The Labute approximate surface area is 94.6 Å². The second-order valence-electron chi connectivity index (χ2n) is 3.45. The van der Waals surface area contributed by atoms with E-state index in [0.29, 0.717) is 0 Å². The number of hydrogen-bond donors (Lipinski definition) is 1. The third kappa shape index (κ3) is 2.18. The Kier molecular flexibility index (Phi) is 3.14. The number of hydrogen-bond acceptors (Lipinski definition) is 4. The Bertz CT molecular complexity index is 463. The zero-order valence-corrected chi connectivity index (χ0v) is 9.51. The van der Waals surface area contributed by atoms with Gasteiger partial charge in [-0.3, -0.25) is 0 Å². The lowest BCUT2D eigenvalue weighted by Crippen LogP contribution is -2.04. The van der Waals surface area contributed by atoms with Crippen LogP contribution in [0.15, 0.2) is 24.8 Å². The number of rotatable bonds is 4. The van der Waals surface area contributed by atoms with E-state index in [9.17, 15) is 0 Å². The summed E-state index contributed by atoms with van der Waals surface area (Å²) in [5, 5.41) is 3.00. The molecule has 0 bridgehead atoms. The van der Waals surface area contributed by atoms with Crippen LogP contribution in [0.3, 0.4) is 0 Å². The second-order valence-corrected chi connectivity index (χ2v) is 3.45. The average Bonchev–Trinajstić information content (AvgIpc) is 2.76. The fraction of sp³-hybridized carbons (Fsp3) is 0.364. The van der Waals surface area contributed by atoms with Crippen LogP contribution in [0, 0.1) is 0 Å². The first-order valence-corrected chi connectivity index (χ1v) is 5.32. The van der Waals surface area contributed by atoms with Crippen molar-refractivity contribution in [2.75, 3.05) is 12.4 Å². The van der Waals surface area contributed by atoms with Crippen LogP contribution in [0.2, 0.25) is 0 Å². The molecule has 2 aromatic rings. The van der Waals surface area contributed by atoms with Crippen LogP contribution in [0.5, 0.6) is 0 Å². The number of anilines is 1. The highest BCUT2D eigenvalue weighted by Gasteiger charge is 2.04. The van der Waals surface area contributed by atoms with Crippen LogP contribution < -0.4 is 5.32 Å². The first-order chi connectivity index (χ1) is 7.83. The maximum atomic E-state index is 4.32. The normalized spacial score (nSPS) is 10.4. The molecule has 0 aliphatic rings. The molecule has 16 heavy (non-hydrogen) atoms. The molecular formula is C11H15N5. The first kappa shape index (κ1) is 10.6. The maximum absolute atomic E-state index is 4.32. The van der Waals surface area contributed by atoms with Gasteiger partial charge in [0.2, 0.25) is 0 Å². The van der Waals surface area contributed by atoms with E-state index in [0.717, 1.165) is 30.3 Å². The van der Waals surface area contributed by atoms with Gasteiger partial charge in [0.25, 0.3) is 0 Å². The van der Waals surface area contributed by atoms with Crippen LogP contribution >= 0.6 is 0 Å². The van der Waals surface area contributed by atoms with Crippen molar-refractivity contribution in [3.63, 3.8) is 0 Å². The number of nitrogens with zero attached hydrogens (tertiary/aromatic N) is 4. The smallest absolute Gasteiger partial charge is 0.129 e. The van der Waals surface area contributed by atoms with Crippen LogP contribution in [0.1, 0.15) is 18.4 Å². The molecule has 0 spiro atoms. The van der Waals surface area contributed by atoms with Crippen molar-refractivity contribution >= 4 is 5.82 Å². The van der Waals surface area contributed by atoms with Gasteiger partial charge in [-0.1, -0.05) is 0 Å².